The van der Waals surface area contributed by atoms with Gasteiger partial charge in [0.1, 0.15) is 17.9 Å². The molecule has 8 rings (SSSR count). The highest BCUT2D eigenvalue weighted by molar-refractivity contribution is 7.13. The summed E-state index contributed by atoms with van der Waals surface area (Å²) in [6.45, 7) is 15.4. The lowest BCUT2D eigenvalue weighted by atomic mass is 9.85. The molecule has 4 amide bonds. The summed E-state index contributed by atoms with van der Waals surface area (Å²) >= 11 is 1.58. The lowest BCUT2D eigenvalue weighted by molar-refractivity contribution is -0.144. The normalized spacial score (nSPS) is 19.2. The highest BCUT2D eigenvalue weighted by Gasteiger charge is 2.44. The number of methoxy groups -OCH3 is 1. The molecule has 0 aliphatic carbocycles. The number of piperidine rings is 2. The number of alkyl halides is 2. The summed E-state index contributed by atoms with van der Waals surface area (Å²) < 4.78 is 40.4. The number of fused-ring (bicyclic) bond motifs is 1. The van der Waals surface area contributed by atoms with E-state index in [-0.39, 0.29) is 81.5 Å². The van der Waals surface area contributed by atoms with Crippen LogP contribution in [-0.4, -0.2) is 168 Å². The number of benzene rings is 2. The molecule has 4 fully saturated rings. The molecule has 0 bridgehead atoms. The summed E-state index contributed by atoms with van der Waals surface area (Å²) in [5, 5.41) is 24.2. The van der Waals surface area contributed by atoms with Crippen molar-refractivity contribution in [2.45, 2.75) is 180 Å². The fraction of sp³-hybridized carbons (Fsp3) is 0.661. The van der Waals surface area contributed by atoms with Crippen LogP contribution in [0.2, 0.25) is 0 Å². The third kappa shape index (κ3) is 18.6. The molecule has 4 aliphatic rings. The number of aliphatic hydroxyl groups excluding tert-OH is 1. The number of aromatic nitrogens is 3. The number of hydrogen-bond donors (Lipinski definition) is 5. The minimum absolute atomic E-state index is 0.0222. The van der Waals surface area contributed by atoms with Crippen LogP contribution in [0.4, 0.5) is 20.5 Å². The van der Waals surface area contributed by atoms with Crippen LogP contribution in [0.25, 0.3) is 21.3 Å². The molecule has 4 aromatic rings. The number of ether oxygens (including phenoxy) is 2. The fourth-order valence-corrected chi connectivity index (χ4v) is 12.6. The van der Waals surface area contributed by atoms with E-state index in [0.29, 0.717) is 54.8 Å². The fourth-order valence-electron chi connectivity index (χ4n) is 11.7. The number of amides is 4. The molecule has 83 heavy (non-hydrogen) atoms. The molecule has 2 aromatic carbocycles. The number of anilines is 2. The average Bonchev–Trinajstić information content (AvgIpc) is 4.34. The highest BCUT2D eigenvalue weighted by Crippen LogP contribution is 2.38. The van der Waals surface area contributed by atoms with Crippen molar-refractivity contribution in [2.24, 2.45) is 5.41 Å². The second kappa shape index (κ2) is 30.3. The highest BCUT2D eigenvalue weighted by atomic mass is 32.1. The quantitative estimate of drug-likeness (QED) is 0.0322. The topological polar surface area (TPSA) is 207 Å². The SMILES string of the molecule is COc1cc2c(NC3CCN(CCCNC(=O)CCCCCCCCCC(=O)N[C@H](C(=O)N4C[C@H](O)C[C@H]4C(=O)NCc4ccc(-c5scnc5C)cc4)C(C)(C)C)CC3)nc(N3CCC(F)(F)CC3)nc2cc1OCCCN1CCCC1. The van der Waals surface area contributed by atoms with Gasteiger partial charge in [-0.05, 0) is 101 Å². The molecular weight excluding hydrogens is 1080 g/mol. The Kier molecular flexibility index (Phi) is 23.1. The number of rotatable bonds is 29. The van der Waals surface area contributed by atoms with Crippen molar-refractivity contribution in [1.82, 2.24) is 45.6 Å². The van der Waals surface area contributed by atoms with Gasteiger partial charge in [0.05, 0.1) is 41.4 Å². The summed E-state index contributed by atoms with van der Waals surface area (Å²) in [6.07, 6.45) is 12.0. The Bertz CT molecular complexity index is 2740. The van der Waals surface area contributed by atoms with E-state index in [9.17, 15) is 33.1 Å². The largest absolute Gasteiger partial charge is 0.493 e. The summed E-state index contributed by atoms with van der Waals surface area (Å²) in [4.78, 5) is 77.0. The van der Waals surface area contributed by atoms with Gasteiger partial charge in [0.2, 0.25) is 29.6 Å². The summed E-state index contributed by atoms with van der Waals surface area (Å²) in [5.74, 6) is -1.21. The Labute approximate surface area is 493 Å². The van der Waals surface area contributed by atoms with E-state index in [2.05, 4.69) is 36.1 Å². The van der Waals surface area contributed by atoms with Gasteiger partial charge >= 0.3 is 0 Å². The maximum Gasteiger partial charge on any atom is 0.251 e. The molecule has 456 valence electrons. The van der Waals surface area contributed by atoms with Crippen LogP contribution < -0.4 is 35.6 Å². The minimum Gasteiger partial charge on any atom is -0.493 e. The predicted molar refractivity (Wildman–Crippen MR) is 322 cm³/mol. The average molecular weight is 1170 g/mol. The van der Waals surface area contributed by atoms with Crippen molar-refractivity contribution in [1.29, 1.82) is 0 Å². The Morgan fingerprint density at radius 1 is 0.819 bits per heavy atom. The van der Waals surface area contributed by atoms with Gasteiger partial charge < -0.3 is 55.4 Å². The van der Waals surface area contributed by atoms with Crippen molar-refractivity contribution in [2.75, 3.05) is 89.4 Å². The van der Waals surface area contributed by atoms with Gasteiger partial charge in [0.15, 0.2) is 11.5 Å². The number of aryl methyl sites for hydroxylation is 1. The van der Waals surface area contributed by atoms with E-state index >= 15 is 0 Å². The lowest BCUT2D eigenvalue weighted by Gasteiger charge is -2.35. The summed E-state index contributed by atoms with van der Waals surface area (Å²) in [5.41, 5.74) is 4.81. The maximum absolute atomic E-state index is 14.2. The number of nitrogens with zero attached hydrogens (tertiary/aromatic N) is 7. The number of aliphatic hydroxyl groups is 1. The van der Waals surface area contributed by atoms with E-state index in [1.807, 2.05) is 74.5 Å². The third-order valence-electron chi connectivity index (χ3n) is 16.7. The van der Waals surface area contributed by atoms with Gasteiger partial charge in [-0.2, -0.15) is 4.98 Å². The predicted octanol–water partition coefficient (Wildman–Crippen LogP) is 8.87. The molecule has 18 nitrogen and oxygen atoms in total. The molecule has 4 aliphatic heterocycles. The Balaban J connectivity index is 0.680. The Hall–Kier alpha value is -5.77. The molecule has 5 N–H and O–H groups in total. The van der Waals surface area contributed by atoms with Crippen molar-refractivity contribution in [3.63, 3.8) is 0 Å². The minimum atomic E-state index is -2.68. The smallest absolute Gasteiger partial charge is 0.251 e. The number of hydrogen-bond acceptors (Lipinski definition) is 15. The molecule has 0 saturated carbocycles. The zero-order valence-electron chi connectivity index (χ0n) is 49.8. The molecule has 0 radical (unpaired) electrons. The number of likely N-dealkylation sites (tertiary alicyclic amines) is 3. The molecule has 0 unspecified atom stereocenters. The van der Waals surface area contributed by atoms with Gasteiger partial charge in [-0.1, -0.05) is 77.1 Å². The first-order chi connectivity index (χ1) is 39.9. The van der Waals surface area contributed by atoms with Gasteiger partial charge in [0, 0.05) is 102 Å². The first-order valence-electron chi connectivity index (χ1n) is 30.6. The lowest BCUT2D eigenvalue weighted by Crippen LogP contribution is -2.57. The van der Waals surface area contributed by atoms with Gasteiger partial charge in [-0.25, -0.2) is 18.7 Å². The zero-order valence-corrected chi connectivity index (χ0v) is 50.6. The van der Waals surface area contributed by atoms with Crippen LogP contribution in [0.15, 0.2) is 41.9 Å². The van der Waals surface area contributed by atoms with Gasteiger partial charge in [0.25, 0.3) is 5.92 Å². The summed E-state index contributed by atoms with van der Waals surface area (Å²) in [7, 11) is 1.63. The first-order valence-corrected chi connectivity index (χ1v) is 31.5. The van der Waals surface area contributed by atoms with Crippen LogP contribution in [0.3, 0.4) is 0 Å². The second-order valence-electron chi connectivity index (χ2n) is 24.4. The number of thiazole rings is 1. The number of β-amino-alcohol motifs (C(OH)–C–C–N with tert-alkyl or cyclic N) is 1. The maximum atomic E-state index is 14.2. The van der Waals surface area contributed by atoms with Crippen LogP contribution in [0.5, 0.6) is 11.5 Å². The zero-order chi connectivity index (χ0) is 58.9. The first kappa shape index (κ1) is 63.3. The molecule has 2 aromatic heterocycles. The van der Waals surface area contributed by atoms with Crippen molar-refractivity contribution in [3.8, 4) is 21.9 Å². The van der Waals surface area contributed by atoms with E-state index in [1.165, 1.54) is 17.7 Å². The van der Waals surface area contributed by atoms with E-state index in [4.69, 9.17) is 19.4 Å². The molecule has 21 heteroatoms. The molecule has 3 atom stereocenters. The molecular formula is C62H91F2N11O7S. The van der Waals surface area contributed by atoms with Crippen molar-refractivity contribution >= 4 is 57.6 Å². The standard InChI is InChI=1S/C62H91F2N11O7S/c1-43-55(83-42-67-43)45-21-19-44(20-22-45)40-66-58(79)50-37-47(76)41-75(50)59(80)56(61(2,3)4)70-54(78)18-12-10-8-6-7-9-11-17-53(77)65-27-15-30-73-32-23-46(24-33-73)68-57-48-38-51(81-5)52(82-36-16-31-72-28-13-14-29-72)39-49(48)69-60(71-57)74-34-25-62(63,64)26-35-74/h19-22,38-39,42,46-47,50,56,76H,6-18,23-37,40-41H2,1-5H3,(H,65,77)(H,66,79)(H,70,78)(H,68,69,71)/t47-,50+,56-/m1/s1. The number of halogens is 2. The molecule has 6 heterocycles. The molecule has 4 saturated heterocycles. The molecule has 0 spiro atoms. The number of unbranched alkanes of at least 4 members (excludes halogenated alkanes) is 6. The van der Waals surface area contributed by atoms with Gasteiger partial charge in [-0.3, -0.25) is 19.2 Å². The van der Waals surface area contributed by atoms with E-state index < -0.39 is 29.5 Å². The Morgan fingerprint density at radius 3 is 2.14 bits per heavy atom. The van der Waals surface area contributed by atoms with Crippen molar-refractivity contribution in [3.05, 3.63) is 53.2 Å². The monoisotopic (exact) mass is 1170 g/mol. The van der Waals surface area contributed by atoms with Crippen LogP contribution in [-0.2, 0) is 25.7 Å². The van der Waals surface area contributed by atoms with Crippen molar-refractivity contribution < 1.29 is 42.5 Å². The number of carbonyl (C=O) groups is 4. The van der Waals surface area contributed by atoms with E-state index in [0.717, 1.165) is 131 Å². The number of carbonyl (C=O) groups excluding carboxylic acids is 4. The number of nitrogens with one attached hydrogen (secondary N) is 4. The van der Waals surface area contributed by atoms with Crippen LogP contribution in [0, 0.1) is 12.3 Å². The summed E-state index contributed by atoms with van der Waals surface area (Å²) in [6, 6.07) is 10.2. The third-order valence-corrected chi connectivity index (χ3v) is 17.7. The van der Waals surface area contributed by atoms with E-state index in [1.54, 1.807) is 18.4 Å². The van der Waals surface area contributed by atoms with Crippen LogP contribution >= 0.6 is 11.3 Å². The van der Waals surface area contributed by atoms with Gasteiger partial charge in [-0.15, -0.1) is 11.3 Å². The van der Waals surface area contributed by atoms with Crippen LogP contribution in [0.1, 0.15) is 148 Å². The Morgan fingerprint density at radius 2 is 1.48 bits per heavy atom. The second-order valence-corrected chi connectivity index (χ2v) is 25.2.